The van der Waals surface area contributed by atoms with Crippen molar-refractivity contribution in [3.63, 3.8) is 0 Å². The van der Waals surface area contributed by atoms with Crippen molar-refractivity contribution >= 4 is 23.6 Å². The molecule has 2 aromatic carbocycles. The normalized spacial score (nSPS) is 19.1. The van der Waals surface area contributed by atoms with Gasteiger partial charge in [0.15, 0.2) is 0 Å². The van der Waals surface area contributed by atoms with Crippen LogP contribution in [0.15, 0.2) is 36.4 Å². The fourth-order valence-corrected chi connectivity index (χ4v) is 3.99. The molecule has 2 amide bonds. The molecular weight excluding hydrogens is 490 g/mol. The first kappa shape index (κ1) is 25.7. The van der Waals surface area contributed by atoms with Gasteiger partial charge >= 0.3 is 18.4 Å². The van der Waals surface area contributed by atoms with Crippen LogP contribution in [0.5, 0.6) is 0 Å². The molecule has 1 heterocycles. The second-order valence-electron chi connectivity index (χ2n) is 8.01. The molecule has 5 nitrogen and oxygen atoms in total. The summed E-state index contributed by atoms with van der Waals surface area (Å²) < 4.78 is 79.0. The van der Waals surface area contributed by atoms with Crippen LogP contribution in [0.2, 0.25) is 5.02 Å². The predicted octanol–water partition coefficient (Wildman–Crippen LogP) is 5.95. The van der Waals surface area contributed by atoms with Crippen molar-refractivity contribution in [2.75, 3.05) is 13.1 Å². The number of amides is 2. The predicted molar refractivity (Wildman–Crippen MR) is 111 cm³/mol. The largest absolute Gasteiger partial charge is 0.465 e. The lowest BCUT2D eigenvalue weighted by Crippen LogP contribution is -2.51. The zero-order valence-electron chi connectivity index (χ0n) is 17.6. The summed E-state index contributed by atoms with van der Waals surface area (Å²) in [5.74, 6) is -1.72. The minimum Gasteiger partial charge on any atom is -0.465 e. The van der Waals surface area contributed by atoms with E-state index in [0.717, 1.165) is 4.90 Å². The third kappa shape index (κ3) is 5.75. The highest BCUT2D eigenvalue weighted by atomic mass is 35.5. The van der Waals surface area contributed by atoms with Crippen LogP contribution in [0.25, 0.3) is 0 Å². The Morgan fingerprint density at radius 1 is 1.03 bits per heavy atom. The summed E-state index contributed by atoms with van der Waals surface area (Å²) in [7, 11) is 0. The van der Waals surface area contributed by atoms with E-state index in [-0.39, 0.29) is 25.6 Å². The second kappa shape index (κ2) is 9.36. The maximum Gasteiger partial charge on any atom is 0.416 e. The van der Waals surface area contributed by atoms with E-state index < -0.39 is 53.0 Å². The van der Waals surface area contributed by atoms with Gasteiger partial charge in [-0.3, -0.25) is 4.79 Å². The Labute approximate surface area is 195 Å². The Hall–Kier alpha value is -2.95. The maximum absolute atomic E-state index is 13.2. The molecule has 2 N–H and O–H groups in total. The Morgan fingerprint density at radius 3 is 2.12 bits per heavy atom. The van der Waals surface area contributed by atoms with E-state index in [2.05, 4.69) is 5.32 Å². The van der Waals surface area contributed by atoms with E-state index in [1.54, 1.807) is 25.1 Å². The molecule has 34 heavy (non-hydrogen) atoms. The number of piperidine rings is 1. The number of carbonyl (C=O) groups excluding carboxylic acids is 1. The van der Waals surface area contributed by atoms with Gasteiger partial charge in [-0.25, -0.2) is 4.79 Å². The highest BCUT2D eigenvalue weighted by Gasteiger charge is 2.38. The molecule has 1 aliphatic heterocycles. The van der Waals surface area contributed by atoms with E-state index in [1.165, 1.54) is 0 Å². The van der Waals surface area contributed by atoms with Crippen LogP contribution < -0.4 is 5.32 Å². The van der Waals surface area contributed by atoms with Crippen LogP contribution >= 0.6 is 11.6 Å². The standard InChI is InChI=1S/C22H19ClF6N2O3/c1-11-6-12(2-3-17(11)23)16-10-31(20(33)34)5-4-18(16)30-19(32)13-7-14(21(24,25)26)9-15(8-13)22(27,28)29/h2-3,6-9,16,18H,4-5,10H2,1H3,(H,30,32)(H,33,34)/t16-,18+/m0/s1. The highest BCUT2D eigenvalue weighted by molar-refractivity contribution is 6.31. The Morgan fingerprint density at radius 2 is 1.62 bits per heavy atom. The Kier molecular flexibility index (Phi) is 7.07. The maximum atomic E-state index is 13.2. The fourth-order valence-electron chi connectivity index (χ4n) is 3.87. The van der Waals surface area contributed by atoms with Gasteiger partial charge in [0.25, 0.3) is 5.91 Å². The van der Waals surface area contributed by atoms with Crippen molar-refractivity contribution in [3.8, 4) is 0 Å². The van der Waals surface area contributed by atoms with Crippen LogP contribution in [0.1, 0.15) is 45.0 Å². The van der Waals surface area contributed by atoms with Gasteiger partial charge in [0.1, 0.15) is 0 Å². The second-order valence-corrected chi connectivity index (χ2v) is 8.41. The summed E-state index contributed by atoms with van der Waals surface area (Å²) in [4.78, 5) is 25.4. The molecule has 0 radical (unpaired) electrons. The number of rotatable bonds is 3. The summed E-state index contributed by atoms with van der Waals surface area (Å²) in [6.07, 6.45) is -11.3. The molecule has 2 aromatic rings. The molecule has 2 atom stereocenters. The van der Waals surface area contributed by atoms with Gasteiger partial charge in [0, 0.05) is 35.6 Å². The van der Waals surface area contributed by atoms with Gasteiger partial charge in [-0.2, -0.15) is 26.3 Å². The lowest BCUT2D eigenvalue weighted by atomic mass is 9.85. The lowest BCUT2D eigenvalue weighted by Gasteiger charge is -2.38. The van der Waals surface area contributed by atoms with E-state index in [4.69, 9.17) is 11.6 Å². The number of benzene rings is 2. The number of nitrogens with one attached hydrogen (secondary N) is 1. The molecule has 0 aromatic heterocycles. The van der Waals surface area contributed by atoms with Crippen LogP contribution in [0.3, 0.4) is 0 Å². The lowest BCUT2D eigenvalue weighted by molar-refractivity contribution is -0.143. The molecule has 184 valence electrons. The number of nitrogens with zero attached hydrogens (tertiary/aromatic N) is 1. The summed E-state index contributed by atoms with van der Waals surface area (Å²) >= 11 is 6.04. The minimum absolute atomic E-state index is 0.0275. The van der Waals surface area contributed by atoms with Gasteiger partial charge in [-0.1, -0.05) is 23.7 Å². The monoisotopic (exact) mass is 508 g/mol. The summed E-state index contributed by atoms with van der Waals surface area (Å²) in [5, 5.41) is 12.3. The Balaban J connectivity index is 1.95. The minimum atomic E-state index is -5.09. The van der Waals surface area contributed by atoms with Gasteiger partial charge in [0.2, 0.25) is 0 Å². The molecule has 1 fully saturated rings. The average Bonchev–Trinajstić information content (AvgIpc) is 2.74. The third-order valence-electron chi connectivity index (χ3n) is 5.66. The molecule has 12 heteroatoms. The third-order valence-corrected chi connectivity index (χ3v) is 6.08. The number of halogens is 7. The SMILES string of the molecule is Cc1cc([C@@H]2CN(C(=O)O)CC[C@H]2NC(=O)c2cc(C(F)(F)F)cc(C(F)(F)F)c2)ccc1Cl. The molecule has 0 aliphatic carbocycles. The summed E-state index contributed by atoms with van der Waals surface area (Å²) in [5.41, 5.74) is -2.69. The number of aryl methyl sites for hydroxylation is 1. The molecule has 1 aliphatic rings. The van der Waals surface area contributed by atoms with E-state index in [1.807, 2.05) is 0 Å². The van der Waals surface area contributed by atoms with Crippen LogP contribution in [-0.2, 0) is 12.4 Å². The Bertz CT molecular complexity index is 1070. The first-order valence-corrected chi connectivity index (χ1v) is 10.4. The van der Waals surface area contributed by atoms with Gasteiger partial charge < -0.3 is 15.3 Å². The smallest absolute Gasteiger partial charge is 0.416 e. The number of carboxylic acid groups (broad SMARTS) is 1. The fraction of sp³-hybridized carbons (Fsp3) is 0.364. The molecule has 0 unspecified atom stereocenters. The summed E-state index contributed by atoms with van der Waals surface area (Å²) in [6.45, 7) is 1.72. The van der Waals surface area contributed by atoms with Crippen LogP contribution in [-0.4, -0.2) is 41.1 Å². The first-order chi connectivity index (χ1) is 15.7. The van der Waals surface area contributed by atoms with Gasteiger partial charge in [-0.05, 0) is 48.7 Å². The zero-order chi connectivity index (χ0) is 25.4. The number of carbonyl (C=O) groups is 2. The van der Waals surface area contributed by atoms with E-state index in [9.17, 15) is 41.0 Å². The van der Waals surface area contributed by atoms with E-state index >= 15 is 0 Å². The van der Waals surface area contributed by atoms with Gasteiger partial charge in [0.05, 0.1) is 11.1 Å². The number of hydrogen-bond donors (Lipinski definition) is 2. The van der Waals surface area contributed by atoms with Crippen molar-refractivity contribution in [2.24, 2.45) is 0 Å². The van der Waals surface area contributed by atoms with E-state index in [0.29, 0.717) is 28.3 Å². The van der Waals surface area contributed by atoms with Crippen LogP contribution in [0, 0.1) is 6.92 Å². The highest BCUT2D eigenvalue weighted by Crippen LogP contribution is 2.37. The average molecular weight is 509 g/mol. The molecule has 0 saturated carbocycles. The quantitative estimate of drug-likeness (QED) is 0.503. The molecular formula is C22H19ClF6N2O3. The topological polar surface area (TPSA) is 69.6 Å². The molecule has 0 spiro atoms. The molecule has 3 rings (SSSR count). The molecule has 0 bridgehead atoms. The van der Waals surface area contributed by atoms with Crippen molar-refractivity contribution < 1.29 is 41.0 Å². The van der Waals surface area contributed by atoms with Crippen molar-refractivity contribution in [2.45, 2.75) is 37.7 Å². The zero-order valence-corrected chi connectivity index (χ0v) is 18.4. The van der Waals surface area contributed by atoms with Crippen molar-refractivity contribution in [1.82, 2.24) is 10.2 Å². The van der Waals surface area contributed by atoms with Crippen LogP contribution in [0.4, 0.5) is 31.1 Å². The number of likely N-dealkylation sites (tertiary alicyclic amines) is 1. The summed E-state index contributed by atoms with van der Waals surface area (Å²) in [6, 6.07) is 4.85. The first-order valence-electron chi connectivity index (χ1n) is 10.0. The van der Waals surface area contributed by atoms with Gasteiger partial charge in [-0.15, -0.1) is 0 Å². The number of alkyl halides is 6. The van der Waals surface area contributed by atoms with Crippen molar-refractivity contribution in [3.05, 3.63) is 69.2 Å². The van der Waals surface area contributed by atoms with Crippen molar-refractivity contribution in [1.29, 1.82) is 0 Å². The number of hydrogen-bond acceptors (Lipinski definition) is 2. The molecule has 1 saturated heterocycles.